The van der Waals surface area contributed by atoms with Crippen molar-refractivity contribution in [2.75, 3.05) is 0 Å². The van der Waals surface area contributed by atoms with Gasteiger partial charge in [-0.05, 0) is 66.5 Å². The molecule has 0 fully saturated rings. The zero-order valence-corrected chi connectivity index (χ0v) is 23.8. The minimum absolute atomic E-state index is 0.456. The molecule has 10 aromatic rings. The van der Waals surface area contributed by atoms with Crippen LogP contribution < -0.4 is 0 Å². The third kappa shape index (κ3) is 4.03. The molecule has 48 heavy (non-hydrogen) atoms. The first-order valence-corrected chi connectivity index (χ1v) is 14.0. The summed E-state index contributed by atoms with van der Waals surface area (Å²) in [6, 6.07) is -25.0. The molecule has 0 atom stereocenters. The first-order valence-electron chi connectivity index (χ1n) is 28.0. The number of hydrogen-bond acceptors (Lipinski definition) is 2. The van der Waals surface area contributed by atoms with Crippen molar-refractivity contribution in [3.63, 3.8) is 0 Å². The summed E-state index contributed by atoms with van der Waals surface area (Å²) in [5.41, 5.74) is -6.91. The smallest absolute Gasteiger partial charge is 0.160 e. The van der Waals surface area contributed by atoms with Gasteiger partial charge in [-0.3, -0.25) is 0 Å². The molecule has 10 rings (SSSR count). The number of hydrogen-bond donors (Lipinski definition) is 0. The highest BCUT2D eigenvalue weighted by Gasteiger charge is 2.17. The molecule has 7 aromatic carbocycles. The maximum Gasteiger partial charge on any atom is 0.160 e. The fraction of sp³-hybridized carbons (Fsp3) is 0. The maximum absolute atomic E-state index is 9.84. The molecule has 3 heterocycles. The Hall–Kier alpha value is -6.52. The number of aromatic nitrogens is 4. The van der Waals surface area contributed by atoms with Gasteiger partial charge in [0, 0.05) is 49.4 Å². The largest absolute Gasteiger partial charge is 0.309 e. The summed E-state index contributed by atoms with van der Waals surface area (Å²) in [6.07, 6.45) is 0. The highest BCUT2D eigenvalue weighted by Crippen LogP contribution is 2.37. The lowest BCUT2D eigenvalue weighted by Crippen LogP contribution is -1.97. The van der Waals surface area contributed by atoms with Crippen LogP contribution in [-0.4, -0.2) is 19.1 Å². The Balaban J connectivity index is 1.37. The molecule has 0 unspecified atom stereocenters. The molecular weight excluding hydrogens is 585 g/mol. The van der Waals surface area contributed by atoms with Gasteiger partial charge < -0.3 is 9.13 Å². The van der Waals surface area contributed by atoms with Crippen LogP contribution in [0.5, 0.6) is 0 Å². The molecule has 0 spiro atoms. The Morgan fingerprint density at radius 3 is 1.54 bits per heavy atom. The maximum atomic E-state index is 9.84. The molecule has 0 aliphatic heterocycles. The van der Waals surface area contributed by atoms with E-state index in [1.807, 2.05) is 0 Å². The van der Waals surface area contributed by atoms with Crippen molar-refractivity contribution in [3.8, 4) is 34.0 Å². The van der Waals surface area contributed by atoms with Crippen molar-refractivity contribution in [2.45, 2.75) is 0 Å². The first-order chi connectivity index (χ1) is 35.5. The second-order valence-electron chi connectivity index (χ2n) is 10.1. The highest BCUT2D eigenvalue weighted by atomic mass is 15.0. The van der Waals surface area contributed by atoms with Crippen LogP contribution in [0.4, 0.5) is 0 Å². The van der Waals surface area contributed by atoms with E-state index in [1.165, 1.54) is 0 Å². The van der Waals surface area contributed by atoms with Crippen molar-refractivity contribution >= 4 is 54.5 Å². The average Bonchev–Trinajstić information content (AvgIpc) is 4.08. The van der Waals surface area contributed by atoms with Crippen LogP contribution in [0.1, 0.15) is 38.4 Å². The average molecular weight is 641 g/mol. The SMILES string of the molecule is [2H]c1c([2H])c([2H])c(-c2nc(-c3c([2H])c([2H])c(-n4c5c([2H])c([2H])c([2H])c([2H])c5c5c([2H])c(-n6c7c([2H])c([2H])c([2H])c([2H])c7c7c([2H])c([2H])c([2H])c([2H])c76)c([2H])c([2H])c54)c([2H])c3[2H])nc3c([2H])c([2H])c([2H])c([2H])c23)c([2H])c1[2H]. The molecule has 4 heteroatoms. The molecule has 4 nitrogen and oxygen atoms in total. The summed E-state index contributed by atoms with van der Waals surface area (Å²) in [7, 11) is 0. The van der Waals surface area contributed by atoms with Crippen molar-refractivity contribution in [2.24, 2.45) is 0 Å². The summed E-state index contributed by atoms with van der Waals surface area (Å²) in [4.78, 5) is 8.58. The minimum Gasteiger partial charge on any atom is -0.309 e. The Morgan fingerprint density at radius 1 is 0.375 bits per heavy atom. The van der Waals surface area contributed by atoms with E-state index in [0.717, 1.165) is 4.57 Å². The third-order valence-corrected chi connectivity index (χ3v) is 7.54. The number of para-hydroxylation sites is 4. The van der Waals surface area contributed by atoms with Gasteiger partial charge in [-0.2, -0.15) is 0 Å². The van der Waals surface area contributed by atoms with Gasteiger partial charge in [0.1, 0.15) is 0 Å². The Labute approximate surface area is 316 Å². The van der Waals surface area contributed by atoms with Crippen LogP contribution in [0.25, 0.3) is 88.5 Å². The molecule has 0 bridgehead atoms. The summed E-state index contributed by atoms with van der Waals surface area (Å²) in [5.74, 6) is -0.818. The molecular formula is C44H28N4. The second kappa shape index (κ2) is 10.5. The van der Waals surface area contributed by atoms with E-state index in [1.54, 1.807) is 0 Å². The summed E-state index contributed by atoms with van der Waals surface area (Å²) >= 11 is 0. The van der Waals surface area contributed by atoms with E-state index in [4.69, 9.17) is 27.4 Å². The lowest BCUT2D eigenvalue weighted by molar-refractivity contribution is 1.16. The van der Waals surface area contributed by atoms with Crippen molar-refractivity contribution in [1.29, 1.82) is 0 Å². The van der Waals surface area contributed by atoms with Gasteiger partial charge in [-0.25, -0.2) is 9.97 Å². The molecule has 0 N–H and O–H groups in total. The lowest BCUT2D eigenvalue weighted by Gasteiger charge is -2.12. The van der Waals surface area contributed by atoms with Crippen LogP contribution in [0.2, 0.25) is 0 Å². The Bertz CT molecular complexity index is 4310. The topological polar surface area (TPSA) is 35.6 Å². The van der Waals surface area contributed by atoms with Crippen LogP contribution in [0.15, 0.2) is 169 Å². The molecule has 0 amide bonds. The fourth-order valence-electron chi connectivity index (χ4n) is 5.53. The van der Waals surface area contributed by atoms with E-state index >= 15 is 0 Å². The molecule has 0 aliphatic rings. The Morgan fingerprint density at radius 2 is 0.875 bits per heavy atom. The van der Waals surface area contributed by atoms with Crippen molar-refractivity contribution < 1.29 is 38.4 Å². The Kier molecular flexibility index (Phi) is 2.42. The van der Waals surface area contributed by atoms with Crippen LogP contribution >= 0.6 is 0 Å². The predicted octanol–water partition coefficient (Wildman–Crippen LogP) is 11.2. The predicted molar refractivity (Wildman–Crippen MR) is 199 cm³/mol. The summed E-state index contributed by atoms with van der Waals surface area (Å²) in [5, 5.41) is -2.67. The minimum atomic E-state index is -1.07. The number of fused-ring (bicyclic) bond motifs is 7. The monoisotopic (exact) mass is 640 g/mol. The molecule has 0 radical (unpaired) electrons. The van der Waals surface area contributed by atoms with Crippen molar-refractivity contribution in [3.05, 3.63) is 169 Å². The van der Waals surface area contributed by atoms with Gasteiger partial charge in [-0.15, -0.1) is 0 Å². The number of rotatable bonds is 4. The van der Waals surface area contributed by atoms with Crippen LogP contribution in [0.3, 0.4) is 0 Å². The van der Waals surface area contributed by atoms with Crippen LogP contribution in [-0.2, 0) is 0 Å². The van der Waals surface area contributed by atoms with Crippen LogP contribution in [0, 0.1) is 0 Å². The number of benzene rings is 7. The van der Waals surface area contributed by atoms with E-state index in [2.05, 4.69) is 9.97 Å². The molecule has 0 saturated heterocycles. The molecule has 0 saturated carbocycles. The molecule has 3 aromatic heterocycles. The lowest BCUT2D eigenvalue weighted by atomic mass is 10.1. The van der Waals surface area contributed by atoms with Gasteiger partial charge in [0.15, 0.2) is 5.82 Å². The normalized spacial score (nSPS) is 19.9. The number of nitrogens with zero attached hydrogens (tertiary/aromatic N) is 4. The summed E-state index contributed by atoms with van der Waals surface area (Å²) < 4.78 is 250. The van der Waals surface area contributed by atoms with E-state index < -0.39 is 258 Å². The van der Waals surface area contributed by atoms with Crippen molar-refractivity contribution in [1.82, 2.24) is 19.1 Å². The second-order valence-corrected chi connectivity index (χ2v) is 10.1. The quantitative estimate of drug-likeness (QED) is 0.192. The summed E-state index contributed by atoms with van der Waals surface area (Å²) in [6.45, 7) is 0. The first kappa shape index (κ1) is 11.0. The zero-order chi connectivity index (χ0) is 56.0. The van der Waals surface area contributed by atoms with Gasteiger partial charge in [0.05, 0.1) is 71.7 Å². The third-order valence-electron chi connectivity index (χ3n) is 7.54. The van der Waals surface area contributed by atoms with E-state index in [9.17, 15) is 11.0 Å². The molecule has 224 valence electrons. The zero-order valence-electron chi connectivity index (χ0n) is 51.8. The van der Waals surface area contributed by atoms with E-state index in [0.29, 0.717) is 4.57 Å². The van der Waals surface area contributed by atoms with Gasteiger partial charge in [0.25, 0.3) is 0 Å². The standard InChI is InChI=1S/C44H28N4/c1-2-12-29(13-3-1)43-36-17-4-8-18-38(36)45-44(46-43)30-22-24-31(25-23-30)47-41-21-11-7-16-35(41)37-28-32(26-27-42(37)47)48-39-19-9-5-14-33(39)34-15-6-10-20-40(34)48/h1-28H/i1D,2D,3D,4D,5D,6D,7D,8D,9D,10D,11D,12D,13D,14D,15D,16D,17D,18D,19D,20D,21D,22D,23D,24D,25D,26D,27D,28D. The molecule has 0 aliphatic carbocycles. The van der Waals surface area contributed by atoms with E-state index in [-0.39, 0.29) is 0 Å². The van der Waals surface area contributed by atoms with Gasteiger partial charge in [0.2, 0.25) is 0 Å². The van der Waals surface area contributed by atoms with Gasteiger partial charge in [-0.1, -0.05) is 103 Å². The highest BCUT2D eigenvalue weighted by molar-refractivity contribution is 6.12. The van der Waals surface area contributed by atoms with Gasteiger partial charge >= 0.3 is 0 Å². The fourth-order valence-corrected chi connectivity index (χ4v) is 5.53.